The SMILES string of the molecule is CC(NCCS(C)(=O)=O)C(=O)Nc1ccccc1. The summed E-state index contributed by atoms with van der Waals surface area (Å²) in [6, 6.07) is 8.67. The summed E-state index contributed by atoms with van der Waals surface area (Å²) in [5.41, 5.74) is 0.722. The maximum Gasteiger partial charge on any atom is 0.241 e. The molecule has 0 saturated carbocycles. The summed E-state index contributed by atoms with van der Waals surface area (Å²) in [4.78, 5) is 11.7. The number of para-hydroxylation sites is 1. The summed E-state index contributed by atoms with van der Waals surface area (Å²) in [6.45, 7) is 1.96. The summed E-state index contributed by atoms with van der Waals surface area (Å²) >= 11 is 0. The van der Waals surface area contributed by atoms with Gasteiger partial charge in [0.2, 0.25) is 5.91 Å². The summed E-state index contributed by atoms with van der Waals surface area (Å²) in [6.07, 6.45) is 1.17. The number of rotatable bonds is 6. The first-order valence-corrected chi connectivity index (χ1v) is 7.71. The van der Waals surface area contributed by atoms with Crippen molar-refractivity contribution in [2.45, 2.75) is 13.0 Å². The molecule has 1 atom stereocenters. The lowest BCUT2D eigenvalue weighted by molar-refractivity contribution is -0.117. The first kappa shape index (κ1) is 14.7. The molecular formula is C12H18N2O3S. The van der Waals surface area contributed by atoms with Crippen LogP contribution in [0.5, 0.6) is 0 Å². The normalized spacial score (nSPS) is 13.0. The minimum absolute atomic E-state index is 0.0238. The lowest BCUT2D eigenvalue weighted by Gasteiger charge is -2.13. The topological polar surface area (TPSA) is 75.3 Å². The number of nitrogens with one attached hydrogen (secondary N) is 2. The number of hydrogen-bond acceptors (Lipinski definition) is 4. The highest BCUT2D eigenvalue weighted by Crippen LogP contribution is 2.05. The standard InChI is InChI=1S/C12H18N2O3S/c1-10(13-8-9-18(2,16)17)12(15)14-11-6-4-3-5-7-11/h3-7,10,13H,8-9H2,1-2H3,(H,14,15). The fraction of sp³-hybridized carbons (Fsp3) is 0.417. The van der Waals surface area contributed by atoms with E-state index in [2.05, 4.69) is 10.6 Å². The number of carbonyl (C=O) groups is 1. The lowest BCUT2D eigenvalue weighted by Crippen LogP contribution is -2.40. The Labute approximate surface area is 108 Å². The number of anilines is 1. The predicted molar refractivity (Wildman–Crippen MR) is 72.2 cm³/mol. The van der Waals surface area contributed by atoms with E-state index in [0.717, 1.165) is 5.69 Å². The quantitative estimate of drug-likeness (QED) is 0.796. The molecule has 0 heterocycles. The van der Waals surface area contributed by atoms with Crippen LogP contribution in [-0.2, 0) is 14.6 Å². The Hall–Kier alpha value is -1.40. The van der Waals surface area contributed by atoms with Crippen molar-refractivity contribution in [3.63, 3.8) is 0 Å². The van der Waals surface area contributed by atoms with Crippen molar-refractivity contribution >= 4 is 21.4 Å². The minimum atomic E-state index is -3.00. The molecule has 0 saturated heterocycles. The van der Waals surface area contributed by atoms with Crippen LogP contribution in [0, 0.1) is 0 Å². The van der Waals surface area contributed by atoms with Gasteiger partial charge in [0, 0.05) is 18.5 Å². The first-order valence-electron chi connectivity index (χ1n) is 5.65. The van der Waals surface area contributed by atoms with E-state index in [9.17, 15) is 13.2 Å². The second kappa shape index (κ2) is 6.51. The van der Waals surface area contributed by atoms with Crippen LogP contribution in [0.2, 0.25) is 0 Å². The molecule has 5 nitrogen and oxygen atoms in total. The van der Waals surface area contributed by atoms with Crippen LogP contribution in [0.15, 0.2) is 30.3 Å². The largest absolute Gasteiger partial charge is 0.325 e. The van der Waals surface area contributed by atoms with E-state index < -0.39 is 15.9 Å². The van der Waals surface area contributed by atoms with Gasteiger partial charge in [0.25, 0.3) is 0 Å². The van der Waals surface area contributed by atoms with E-state index in [1.165, 1.54) is 6.26 Å². The molecule has 1 unspecified atom stereocenters. The van der Waals surface area contributed by atoms with Gasteiger partial charge >= 0.3 is 0 Å². The number of carbonyl (C=O) groups excluding carboxylic acids is 1. The van der Waals surface area contributed by atoms with Crippen LogP contribution in [0.3, 0.4) is 0 Å². The summed E-state index contributed by atoms with van der Waals surface area (Å²) < 4.78 is 21.9. The maximum atomic E-state index is 11.7. The van der Waals surface area contributed by atoms with Crippen LogP contribution in [0.25, 0.3) is 0 Å². The van der Waals surface area contributed by atoms with Gasteiger partial charge in [-0.15, -0.1) is 0 Å². The van der Waals surface area contributed by atoms with Crippen LogP contribution in [0.4, 0.5) is 5.69 Å². The number of hydrogen-bond donors (Lipinski definition) is 2. The van der Waals surface area contributed by atoms with Gasteiger partial charge in [0.1, 0.15) is 9.84 Å². The average molecular weight is 270 g/mol. The molecule has 0 aliphatic heterocycles. The summed E-state index contributed by atoms with van der Waals surface area (Å²) in [7, 11) is -3.00. The zero-order valence-electron chi connectivity index (χ0n) is 10.5. The molecule has 18 heavy (non-hydrogen) atoms. The van der Waals surface area contributed by atoms with Gasteiger partial charge in [-0.3, -0.25) is 4.79 Å². The number of sulfone groups is 1. The molecule has 0 aliphatic carbocycles. The Bertz CT molecular complexity index is 485. The van der Waals surface area contributed by atoms with E-state index in [0.29, 0.717) is 0 Å². The third-order valence-corrected chi connectivity index (χ3v) is 3.30. The Morgan fingerprint density at radius 2 is 1.89 bits per heavy atom. The van der Waals surface area contributed by atoms with Crippen molar-refractivity contribution in [2.24, 2.45) is 0 Å². The highest BCUT2D eigenvalue weighted by atomic mass is 32.2. The molecule has 1 rings (SSSR count). The third-order valence-electron chi connectivity index (χ3n) is 2.36. The molecule has 100 valence electrons. The minimum Gasteiger partial charge on any atom is -0.325 e. The van der Waals surface area contributed by atoms with Gasteiger partial charge in [0.15, 0.2) is 0 Å². The van der Waals surface area contributed by atoms with Gasteiger partial charge in [-0.1, -0.05) is 18.2 Å². The van der Waals surface area contributed by atoms with Crippen molar-refractivity contribution in [3.05, 3.63) is 30.3 Å². The highest BCUT2D eigenvalue weighted by Gasteiger charge is 2.12. The molecule has 0 fully saturated rings. The first-order chi connectivity index (χ1) is 8.38. The Morgan fingerprint density at radius 3 is 2.44 bits per heavy atom. The molecule has 2 N–H and O–H groups in total. The van der Waals surface area contributed by atoms with Crippen molar-refractivity contribution in [1.29, 1.82) is 0 Å². The molecule has 0 aliphatic rings. The lowest BCUT2D eigenvalue weighted by atomic mass is 10.2. The number of benzene rings is 1. The summed E-state index contributed by atoms with van der Waals surface area (Å²) in [5, 5.41) is 5.61. The maximum absolute atomic E-state index is 11.7. The van der Waals surface area contributed by atoms with Gasteiger partial charge in [-0.05, 0) is 19.1 Å². The smallest absolute Gasteiger partial charge is 0.241 e. The molecule has 1 aromatic rings. The molecule has 0 radical (unpaired) electrons. The second-order valence-corrected chi connectivity index (χ2v) is 6.42. The molecular weight excluding hydrogens is 252 g/mol. The zero-order chi connectivity index (χ0) is 13.6. The fourth-order valence-corrected chi connectivity index (χ4v) is 1.81. The average Bonchev–Trinajstić information content (AvgIpc) is 2.28. The number of amides is 1. The zero-order valence-corrected chi connectivity index (χ0v) is 11.3. The van der Waals surface area contributed by atoms with Crippen LogP contribution >= 0.6 is 0 Å². The fourth-order valence-electron chi connectivity index (χ4n) is 1.33. The van der Waals surface area contributed by atoms with E-state index in [1.54, 1.807) is 19.1 Å². The van der Waals surface area contributed by atoms with Crippen molar-refractivity contribution in [2.75, 3.05) is 23.9 Å². The molecule has 1 amide bonds. The Balaban J connectivity index is 2.38. The molecule has 0 bridgehead atoms. The van der Waals surface area contributed by atoms with E-state index in [4.69, 9.17) is 0 Å². The van der Waals surface area contributed by atoms with Crippen LogP contribution in [0.1, 0.15) is 6.92 Å². The van der Waals surface area contributed by atoms with Crippen molar-refractivity contribution < 1.29 is 13.2 Å². The highest BCUT2D eigenvalue weighted by molar-refractivity contribution is 7.90. The van der Waals surface area contributed by atoms with E-state index in [1.807, 2.05) is 18.2 Å². The van der Waals surface area contributed by atoms with E-state index >= 15 is 0 Å². The third kappa shape index (κ3) is 5.79. The molecule has 6 heteroatoms. The second-order valence-electron chi connectivity index (χ2n) is 4.16. The van der Waals surface area contributed by atoms with Crippen LogP contribution < -0.4 is 10.6 Å². The summed E-state index contributed by atoms with van der Waals surface area (Å²) in [5.74, 6) is -0.162. The van der Waals surface area contributed by atoms with Crippen molar-refractivity contribution in [3.8, 4) is 0 Å². The van der Waals surface area contributed by atoms with Gasteiger partial charge in [0.05, 0.1) is 11.8 Å². The van der Waals surface area contributed by atoms with Crippen molar-refractivity contribution in [1.82, 2.24) is 5.32 Å². The van der Waals surface area contributed by atoms with Gasteiger partial charge < -0.3 is 10.6 Å². The van der Waals surface area contributed by atoms with Gasteiger partial charge in [-0.2, -0.15) is 0 Å². The molecule has 1 aromatic carbocycles. The predicted octanol–water partition coefficient (Wildman–Crippen LogP) is 0.648. The Kier molecular flexibility index (Phi) is 5.30. The van der Waals surface area contributed by atoms with Gasteiger partial charge in [-0.25, -0.2) is 8.42 Å². The Morgan fingerprint density at radius 1 is 1.28 bits per heavy atom. The monoisotopic (exact) mass is 270 g/mol. The molecule has 0 aromatic heterocycles. The van der Waals surface area contributed by atoms with Crippen LogP contribution in [-0.4, -0.2) is 38.9 Å². The molecule has 0 spiro atoms. The van der Waals surface area contributed by atoms with E-state index in [-0.39, 0.29) is 18.2 Å².